The van der Waals surface area contributed by atoms with E-state index in [9.17, 15) is 8.42 Å². The molecular weight excluding hydrogens is 505 g/mol. The summed E-state index contributed by atoms with van der Waals surface area (Å²) < 4.78 is 53.4. The van der Waals surface area contributed by atoms with Crippen LogP contribution < -0.4 is 9.62 Å². The van der Waals surface area contributed by atoms with E-state index in [1.54, 1.807) is 12.1 Å². The third-order valence-electron chi connectivity index (χ3n) is 5.06. The number of sulfonamides is 1. The van der Waals surface area contributed by atoms with Crippen molar-refractivity contribution in [3.05, 3.63) is 60.2 Å². The number of benzene rings is 1. The van der Waals surface area contributed by atoms with E-state index < -0.39 is 15.8 Å². The molecule has 0 unspecified atom stereocenters. The molecule has 13 heteroatoms. The Morgan fingerprint density at radius 1 is 1.15 bits per heavy atom. The molecule has 0 bridgehead atoms. The van der Waals surface area contributed by atoms with E-state index in [0.29, 0.717) is 47.7 Å². The average molecular weight is 522 g/mol. The zero-order valence-corrected chi connectivity index (χ0v) is 19.8. The molecule has 176 valence electrons. The number of rotatable bonds is 6. The highest BCUT2D eigenvalue weighted by Crippen LogP contribution is 2.42. The molecule has 34 heavy (non-hydrogen) atoms. The smallest absolute Gasteiger partial charge is 0.265 e. The summed E-state index contributed by atoms with van der Waals surface area (Å²) in [6.07, 6.45) is 3.80. The molecule has 1 aromatic carbocycles. The van der Waals surface area contributed by atoms with E-state index in [1.165, 1.54) is 42.0 Å². The minimum absolute atomic E-state index is 0.0480. The minimum atomic E-state index is -4.03. The molecule has 1 aliphatic heterocycles. The van der Waals surface area contributed by atoms with Crippen molar-refractivity contribution in [1.29, 1.82) is 0 Å². The summed E-state index contributed by atoms with van der Waals surface area (Å²) in [4.78, 5) is 15.4. The maximum Gasteiger partial charge on any atom is 0.265 e. The standard InChI is InChI=1S/C21H17ClFN5O4S2/c22-20-24-6-4-16(25-20)19-18(26-21(33-19)28-7-10-31-11-8-28)14-2-1-3-15(17(14)23)27-34(29,30)13-5-9-32-12-13/h1-6,9,12,27H,7-8,10-11H2. The van der Waals surface area contributed by atoms with E-state index in [-0.39, 0.29) is 21.4 Å². The number of aromatic nitrogens is 3. The van der Waals surface area contributed by atoms with Gasteiger partial charge in [0.05, 0.1) is 41.4 Å². The number of furan rings is 1. The van der Waals surface area contributed by atoms with Gasteiger partial charge in [0, 0.05) is 24.8 Å². The lowest BCUT2D eigenvalue weighted by atomic mass is 10.1. The van der Waals surface area contributed by atoms with Crippen LogP contribution in [0.4, 0.5) is 15.2 Å². The lowest BCUT2D eigenvalue weighted by Gasteiger charge is -2.26. The Hall–Kier alpha value is -3.06. The second-order valence-corrected chi connectivity index (χ2v) is 10.2. The Kier molecular flexibility index (Phi) is 6.21. The maximum absolute atomic E-state index is 15.7. The number of nitrogens with zero attached hydrogens (tertiary/aromatic N) is 4. The minimum Gasteiger partial charge on any atom is -0.471 e. The normalized spacial score (nSPS) is 14.4. The van der Waals surface area contributed by atoms with Gasteiger partial charge in [-0.15, -0.1) is 0 Å². The summed E-state index contributed by atoms with van der Waals surface area (Å²) >= 11 is 7.34. The molecule has 5 rings (SSSR count). The second-order valence-electron chi connectivity index (χ2n) is 7.22. The number of morpholine rings is 1. The zero-order chi connectivity index (χ0) is 23.7. The van der Waals surface area contributed by atoms with Gasteiger partial charge >= 0.3 is 0 Å². The fraction of sp³-hybridized carbons (Fsp3) is 0.190. The van der Waals surface area contributed by atoms with Gasteiger partial charge in [-0.1, -0.05) is 17.4 Å². The highest BCUT2D eigenvalue weighted by Gasteiger charge is 2.25. The summed E-state index contributed by atoms with van der Waals surface area (Å²) in [5.41, 5.74) is 0.707. The van der Waals surface area contributed by atoms with Crippen molar-refractivity contribution in [2.75, 3.05) is 35.9 Å². The van der Waals surface area contributed by atoms with Gasteiger partial charge in [0.25, 0.3) is 10.0 Å². The van der Waals surface area contributed by atoms with Crippen LogP contribution in [0.5, 0.6) is 0 Å². The van der Waals surface area contributed by atoms with Crippen LogP contribution in [-0.4, -0.2) is 49.7 Å². The number of hydrogen-bond donors (Lipinski definition) is 1. The lowest BCUT2D eigenvalue weighted by molar-refractivity contribution is 0.122. The van der Waals surface area contributed by atoms with Gasteiger partial charge in [0.15, 0.2) is 10.9 Å². The monoisotopic (exact) mass is 521 g/mol. The number of ether oxygens (including phenoxy) is 1. The summed E-state index contributed by atoms with van der Waals surface area (Å²) in [6.45, 7) is 2.40. The van der Waals surface area contributed by atoms with Crippen LogP contribution in [0.1, 0.15) is 0 Å². The van der Waals surface area contributed by atoms with E-state index in [0.717, 1.165) is 6.26 Å². The molecule has 4 aromatic rings. The molecule has 1 aliphatic rings. The molecule has 0 amide bonds. The third kappa shape index (κ3) is 4.49. The topological polar surface area (TPSA) is 110 Å². The van der Waals surface area contributed by atoms with E-state index >= 15 is 4.39 Å². The van der Waals surface area contributed by atoms with Crippen molar-refractivity contribution in [2.24, 2.45) is 0 Å². The molecule has 0 atom stereocenters. The first kappa shape index (κ1) is 22.7. The summed E-state index contributed by atoms with van der Waals surface area (Å²) in [6, 6.07) is 7.37. The number of hydrogen-bond acceptors (Lipinski definition) is 9. The molecule has 1 N–H and O–H groups in total. The number of halogens is 2. The van der Waals surface area contributed by atoms with Gasteiger partial charge in [-0.3, -0.25) is 4.72 Å². The van der Waals surface area contributed by atoms with Gasteiger partial charge < -0.3 is 14.1 Å². The predicted octanol–water partition coefficient (Wildman–Crippen LogP) is 4.29. The Balaban J connectivity index is 1.60. The van der Waals surface area contributed by atoms with Gasteiger partial charge in [0.1, 0.15) is 11.2 Å². The molecule has 0 spiro atoms. The van der Waals surface area contributed by atoms with Crippen LogP contribution >= 0.6 is 22.9 Å². The zero-order valence-electron chi connectivity index (χ0n) is 17.4. The fourth-order valence-electron chi connectivity index (χ4n) is 3.42. The third-order valence-corrected chi connectivity index (χ3v) is 7.72. The van der Waals surface area contributed by atoms with Crippen LogP contribution in [0, 0.1) is 5.82 Å². The quantitative estimate of drug-likeness (QED) is 0.374. The van der Waals surface area contributed by atoms with Crippen LogP contribution in [0.15, 0.2) is 58.4 Å². The van der Waals surface area contributed by atoms with Gasteiger partial charge in [-0.25, -0.2) is 27.8 Å². The summed E-state index contributed by atoms with van der Waals surface area (Å²) in [5.74, 6) is -0.769. The van der Waals surface area contributed by atoms with Crippen molar-refractivity contribution in [2.45, 2.75) is 4.90 Å². The van der Waals surface area contributed by atoms with Gasteiger partial charge in [0.2, 0.25) is 5.28 Å². The van der Waals surface area contributed by atoms with E-state index in [1.807, 2.05) is 4.90 Å². The predicted molar refractivity (Wildman–Crippen MR) is 126 cm³/mol. The van der Waals surface area contributed by atoms with Crippen molar-refractivity contribution in [3.63, 3.8) is 0 Å². The Labute approximate surface area is 203 Å². The van der Waals surface area contributed by atoms with Crippen LogP contribution in [-0.2, 0) is 14.8 Å². The van der Waals surface area contributed by atoms with Crippen molar-refractivity contribution >= 4 is 43.8 Å². The lowest BCUT2D eigenvalue weighted by Crippen LogP contribution is -2.36. The van der Waals surface area contributed by atoms with Gasteiger partial charge in [-0.05, 0) is 35.9 Å². The highest BCUT2D eigenvalue weighted by atomic mass is 35.5. The van der Waals surface area contributed by atoms with Crippen molar-refractivity contribution in [3.8, 4) is 21.8 Å². The van der Waals surface area contributed by atoms with Crippen LogP contribution in [0.3, 0.4) is 0 Å². The second kappa shape index (κ2) is 9.29. The Morgan fingerprint density at radius 3 is 2.71 bits per heavy atom. The highest BCUT2D eigenvalue weighted by molar-refractivity contribution is 7.92. The van der Waals surface area contributed by atoms with E-state index in [2.05, 4.69) is 14.7 Å². The molecule has 4 heterocycles. The first-order chi connectivity index (χ1) is 16.4. The van der Waals surface area contributed by atoms with Crippen LogP contribution in [0.25, 0.3) is 21.8 Å². The maximum atomic E-state index is 15.7. The number of nitrogens with one attached hydrogen (secondary N) is 1. The largest absolute Gasteiger partial charge is 0.471 e. The first-order valence-electron chi connectivity index (χ1n) is 10.1. The fourth-order valence-corrected chi connectivity index (χ4v) is 5.65. The number of anilines is 2. The molecule has 0 radical (unpaired) electrons. The SMILES string of the molecule is O=S(=O)(Nc1cccc(-c2nc(N3CCOCC3)sc2-c2ccnc(Cl)n2)c1F)c1ccoc1. The molecule has 1 saturated heterocycles. The molecule has 1 fully saturated rings. The molecule has 0 saturated carbocycles. The van der Waals surface area contributed by atoms with Crippen LogP contribution in [0.2, 0.25) is 5.28 Å². The average Bonchev–Trinajstić information content (AvgIpc) is 3.52. The first-order valence-corrected chi connectivity index (χ1v) is 12.8. The molecule has 9 nitrogen and oxygen atoms in total. The molecular formula is C21H17ClFN5O4S2. The Morgan fingerprint density at radius 2 is 1.97 bits per heavy atom. The number of thiazole rings is 1. The van der Waals surface area contributed by atoms with Gasteiger partial charge in [-0.2, -0.15) is 0 Å². The molecule has 3 aromatic heterocycles. The molecule has 0 aliphatic carbocycles. The van der Waals surface area contributed by atoms with E-state index in [4.69, 9.17) is 25.7 Å². The van der Waals surface area contributed by atoms with Crippen molar-refractivity contribution < 1.29 is 22.0 Å². The van der Waals surface area contributed by atoms with Crippen molar-refractivity contribution in [1.82, 2.24) is 15.0 Å². The summed E-state index contributed by atoms with van der Waals surface area (Å²) in [5, 5.41) is 0.721. The summed E-state index contributed by atoms with van der Waals surface area (Å²) in [7, 11) is -4.03. The Bertz CT molecular complexity index is 1420.